The van der Waals surface area contributed by atoms with Crippen molar-refractivity contribution >= 4 is 11.8 Å². The van der Waals surface area contributed by atoms with E-state index in [-0.39, 0.29) is 12.3 Å². The molecule has 0 unspecified atom stereocenters. The van der Waals surface area contributed by atoms with Gasteiger partial charge in [-0.2, -0.15) is 18.4 Å². The molecule has 0 fully saturated rings. The van der Waals surface area contributed by atoms with Crippen LogP contribution in [-0.2, 0) is 10.9 Å². The minimum atomic E-state index is -4.92. The van der Waals surface area contributed by atoms with Crippen molar-refractivity contribution in [1.82, 2.24) is 0 Å². The molecule has 1 rings (SSSR count). The third-order valence-electron chi connectivity index (χ3n) is 2.05. The van der Waals surface area contributed by atoms with Crippen LogP contribution in [0.2, 0.25) is 0 Å². The molecule has 0 spiro atoms. The van der Waals surface area contributed by atoms with Gasteiger partial charge < -0.3 is 4.74 Å². The first kappa shape index (κ1) is 14.8. The second kappa shape index (κ2) is 5.56. The second-order valence-electron chi connectivity index (χ2n) is 3.33. The summed E-state index contributed by atoms with van der Waals surface area (Å²) >= 11 is 0. The zero-order valence-corrected chi connectivity index (χ0v) is 9.64. The first-order chi connectivity index (χ1) is 8.79. The number of hydrogen-bond donors (Lipinski definition) is 1. The Kier molecular flexibility index (Phi) is 4.32. The zero-order valence-electron chi connectivity index (χ0n) is 9.64. The van der Waals surface area contributed by atoms with Crippen LogP contribution in [0.1, 0.15) is 18.1 Å². The van der Waals surface area contributed by atoms with Gasteiger partial charge in [0.15, 0.2) is 0 Å². The van der Waals surface area contributed by atoms with Crippen molar-refractivity contribution in [3.63, 3.8) is 0 Å². The molecule has 0 saturated carbocycles. The predicted molar refractivity (Wildman–Crippen MR) is 56.8 cm³/mol. The van der Waals surface area contributed by atoms with Gasteiger partial charge in [-0.3, -0.25) is 5.32 Å². The molecule has 1 aromatic rings. The highest BCUT2D eigenvalue weighted by Gasteiger charge is 2.35. The maximum absolute atomic E-state index is 13.3. The molecule has 0 radical (unpaired) electrons. The molecule has 1 N–H and O–H groups in total. The number of benzene rings is 1. The molecule has 0 aliphatic heterocycles. The third-order valence-corrected chi connectivity index (χ3v) is 2.05. The third kappa shape index (κ3) is 3.58. The highest BCUT2D eigenvalue weighted by atomic mass is 19.4. The van der Waals surface area contributed by atoms with Gasteiger partial charge in [0, 0.05) is 0 Å². The number of anilines is 1. The molecule has 1 aromatic carbocycles. The average molecular weight is 276 g/mol. The van der Waals surface area contributed by atoms with Crippen LogP contribution in [0.15, 0.2) is 12.1 Å². The largest absolute Gasteiger partial charge is 0.450 e. The molecule has 0 aliphatic rings. The maximum Gasteiger partial charge on any atom is 0.419 e. The molecule has 0 saturated heterocycles. The molecule has 8 heteroatoms. The molecular formula is C11H8F4N2O2. The minimum absolute atomic E-state index is 0.0246. The standard InChI is InChI=1S/C11H8F4N2O2/c1-2-19-10(18)17-9-4-8(12)7(11(13,14)15)3-6(9)5-16/h3-4H,2H2,1H3,(H,17,18). The Bertz CT molecular complexity index is 535. The van der Waals surface area contributed by atoms with Gasteiger partial charge in [-0.25, -0.2) is 9.18 Å². The summed E-state index contributed by atoms with van der Waals surface area (Å²) in [5.41, 5.74) is -2.47. The summed E-state index contributed by atoms with van der Waals surface area (Å²) in [7, 11) is 0. The summed E-state index contributed by atoms with van der Waals surface area (Å²) in [6, 6.07) is 2.20. The fourth-order valence-electron chi connectivity index (χ4n) is 1.26. The highest BCUT2D eigenvalue weighted by molar-refractivity contribution is 5.86. The van der Waals surface area contributed by atoms with Crippen molar-refractivity contribution in [2.45, 2.75) is 13.1 Å². The first-order valence-electron chi connectivity index (χ1n) is 5.04. The number of nitrogens with zero attached hydrogens (tertiary/aromatic N) is 1. The quantitative estimate of drug-likeness (QED) is 0.843. The number of carbonyl (C=O) groups is 1. The van der Waals surface area contributed by atoms with Crippen molar-refractivity contribution in [2.24, 2.45) is 0 Å². The molecule has 4 nitrogen and oxygen atoms in total. The lowest BCUT2D eigenvalue weighted by atomic mass is 10.1. The monoisotopic (exact) mass is 276 g/mol. The van der Waals surface area contributed by atoms with E-state index in [0.29, 0.717) is 12.1 Å². The SMILES string of the molecule is CCOC(=O)Nc1cc(F)c(C(F)(F)F)cc1C#N. The maximum atomic E-state index is 13.3. The lowest BCUT2D eigenvalue weighted by Gasteiger charge is -2.12. The van der Waals surface area contributed by atoms with E-state index in [1.165, 1.54) is 13.0 Å². The number of alkyl halides is 3. The van der Waals surface area contributed by atoms with Gasteiger partial charge in [0.25, 0.3) is 0 Å². The van der Waals surface area contributed by atoms with Crippen LogP contribution in [0.5, 0.6) is 0 Å². The molecule has 102 valence electrons. The molecule has 1 amide bonds. The molecule has 19 heavy (non-hydrogen) atoms. The number of hydrogen-bond acceptors (Lipinski definition) is 3. The Morgan fingerprint density at radius 1 is 1.47 bits per heavy atom. The Labute approximate surface area is 105 Å². The van der Waals surface area contributed by atoms with E-state index in [0.717, 1.165) is 0 Å². The Morgan fingerprint density at radius 2 is 2.11 bits per heavy atom. The van der Waals surface area contributed by atoms with E-state index in [1.54, 1.807) is 0 Å². The number of ether oxygens (including phenoxy) is 1. The van der Waals surface area contributed by atoms with Crippen LogP contribution in [0.25, 0.3) is 0 Å². The smallest absolute Gasteiger partial charge is 0.419 e. The van der Waals surface area contributed by atoms with Gasteiger partial charge in [0.05, 0.1) is 23.4 Å². The number of halogens is 4. The minimum Gasteiger partial charge on any atom is -0.450 e. The Balaban J connectivity index is 3.19. The van der Waals surface area contributed by atoms with Gasteiger partial charge >= 0.3 is 12.3 Å². The van der Waals surface area contributed by atoms with Gasteiger partial charge in [0.1, 0.15) is 11.9 Å². The summed E-state index contributed by atoms with van der Waals surface area (Å²) in [4.78, 5) is 11.1. The van der Waals surface area contributed by atoms with Crippen molar-refractivity contribution in [3.8, 4) is 6.07 Å². The van der Waals surface area contributed by atoms with E-state index in [4.69, 9.17) is 5.26 Å². The van der Waals surface area contributed by atoms with Crippen molar-refractivity contribution in [1.29, 1.82) is 5.26 Å². The predicted octanol–water partition coefficient (Wildman–Crippen LogP) is 3.28. The van der Waals surface area contributed by atoms with Crippen molar-refractivity contribution in [2.75, 3.05) is 11.9 Å². The second-order valence-corrected chi connectivity index (χ2v) is 3.33. The van der Waals surface area contributed by atoms with Crippen molar-refractivity contribution < 1.29 is 27.1 Å². The number of amides is 1. The van der Waals surface area contributed by atoms with E-state index in [2.05, 4.69) is 4.74 Å². The number of carbonyl (C=O) groups excluding carboxylic acids is 1. The molecule has 0 aliphatic carbocycles. The Hall–Kier alpha value is -2.30. The van der Waals surface area contributed by atoms with Gasteiger partial charge in [-0.15, -0.1) is 0 Å². The molecule has 0 atom stereocenters. The lowest BCUT2D eigenvalue weighted by molar-refractivity contribution is -0.140. The van der Waals surface area contributed by atoms with E-state index in [1.807, 2.05) is 5.32 Å². The van der Waals surface area contributed by atoms with E-state index >= 15 is 0 Å². The van der Waals surface area contributed by atoms with Crippen LogP contribution in [0.3, 0.4) is 0 Å². The van der Waals surface area contributed by atoms with E-state index in [9.17, 15) is 22.4 Å². The topological polar surface area (TPSA) is 62.1 Å². The van der Waals surface area contributed by atoms with Crippen molar-refractivity contribution in [3.05, 3.63) is 29.1 Å². The summed E-state index contributed by atoms with van der Waals surface area (Å²) in [6.07, 6.45) is -5.91. The summed E-state index contributed by atoms with van der Waals surface area (Å²) in [5, 5.41) is 10.7. The van der Waals surface area contributed by atoms with Gasteiger partial charge in [-0.05, 0) is 19.1 Å². The first-order valence-corrected chi connectivity index (χ1v) is 5.04. The fraction of sp³-hybridized carbons (Fsp3) is 0.273. The molecule has 0 bridgehead atoms. The summed E-state index contributed by atoms with van der Waals surface area (Å²) in [5.74, 6) is -1.58. The normalized spacial score (nSPS) is 10.7. The van der Waals surface area contributed by atoms with E-state index < -0.39 is 29.2 Å². The molecular weight excluding hydrogens is 268 g/mol. The van der Waals surface area contributed by atoms with Gasteiger partial charge in [0.2, 0.25) is 0 Å². The van der Waals surface area contributed by atoms with Crippen LogP contribution >= 0.6 is 0 Å². The number of nitrogens with one attached hydrogen (secondary N) is 1. The van der Waals surface area contributed by atoms with Crippen LogP contribution in [0, 0.1) is 17.1 Å². The Morgan fingerprint density at radius 3 is 2.58 bits per heavy atom. The molecule has 0 aromatic heterocycles. The number of nitriles is 1. The summed E-state index contributed by atoms with van der Waals surface area (Å²) < 4.78 is 55.0. The van der Waals surface area contributed by atoms with Crippen LogP contribution < -0.4 is 5.32 Å². The average Bonchev–Trinajstić information content (AvgIpc) is 2.27. The van der Waals surface area contributed by atoms with Crippen LogP contribution in [0.4, 0.5) is 28.0 Å². The lowest BCUT2D eigenvalue weighted by Crippen LogP contribution is -2.16. The molecule has 0 heterocycles. The summed E-state index contributed by atoms with van der Waals surface area (Å²) in [6.45, 7) is 1.54. The number of rotatable bonds is 2. The van der Waals surface area contributed by atoms with Crippen LogP contribution in [-0.4, -0.2) is 12.7 Å². The highest BCUT2D eigenvalue weighted by Crippen LogP contribution is 2.34. The van der Waals surface area contributed by atoms with Gasteiger partial charge in [-0.1, -0.05) is 0 Å². The zero-order chi connectivity index (χ0) is 14.6. The fourth-order valence-corrected chi connectivity index (χ4v) is 1.26.